The Morgan fingerprint density at radius 3 is 2.06 bits per heavy atom. The standard InChI is InChI=1S/C39H67N3O8/c1-5-6-7-8-21-47-33(43)12-9-25(2)28-10-11-29-37-30(24-32(39(28,29)4)50-36(46)16-20-42)38(3)17-13-27(48-34(44)14-18-40)22-26(38)23-31(37)49-35(45)15-19-41/h25-32,37H,5-24,40-42H2,1-4H3/t25-,26+,27-,28-,29+,30+,31-,32+,37+,38+,39-/m1/s1. The van der Waals surface area contributed by atoms with E-state index in [2.05, 4.69) is 27.7 Å². The first-order valence-electron chi connectivity index (χ1n) is 19.8. The maximum Gasteiger partial charge on any atom is 0.307 e. The Morgan fingerprint density at radius 1 is 0.740 bits per heavy atom. The largest absolute Gasteiger partial charge is 0.466 e. The molecule has 0 bridgehead atoms. The van der Waals surface area contributed by atoms with Crippen LogP contribution < -0.4 is 17.2 Å². The molecule has 0 saturated heterocycles. The van der Waals surface area contributed by atoms with Crippen LogP contribution in [0.25, 0.3) is 0 Å². The third-order valence-electron chi connectivity index (χ3n) is 13.4. The van der Waals surface area contributed by atoms with Crippen molar-refractivity contribution >= 4 is 23.9 Å². The van der Waals surface area contributed by atoms with Gasteiger partial charge in [-0.15, -0.1) is 0 Å². The number of ether oxygens (including phenoxy) is 4. The van der Waals surface area contributed by atoms with E-state index >= 15 is 0 Å². The van der Waals surface area contributed by atoms with E-state index in [0.29, 0.717) is 38.7 Å². The van der Waals surface area contributed by atoms with E-state index in [-0.39, 0.29) is 127 Å². The summed E-state index contributed by atoms with van der Waals surface area (Å²) in [5.41, 5.74) is 16.7. The summed E-state index contributed by atoms with van der Waals surface area (Å²) in [5.74, 6) is -0.00890. The van der Waals surface area contributed by atoms with E-state index in [0.717, 1.165) is 51.4 Å². The van der Waals surface area contributed by atoms with Gasteiger partial charge in [-0.3, -0.25) is 19.2 Å². The van der Waals surface area contributed by atoms with E-state index in [1.165, 1.54) is 0 Å². The summed E-state index contributed by atoms with van der Waals surface area (Å²) < 4.78 is 24.2. The molecule has 0 aromatic heterocycles. The monoisotopic (exact) mass is 705 g/mol. The van der Waals surface area contributed by atoms with Gasteiger partial charge in [0.05, 0.1) is 25.9 Å². The minimum Gasteiger partial charge on any atom is -0.466 e. The topological polar surface area (TPSA) is 183 Å². The smallest absolute Gasteiger partial charge is 0.307 e. The van der Waals surface area contributed by atoms with Gasteiger partial charge in [0.15, 0.2) is 0 Å². The number of esters is 4. The molecule has 11 heteroatoms. The predicted molar refractivity (Wildman–Crippen MR) is 190 cm³/mol. The number of hydrogen-bond donors (Lipinski definition) is 3. The third-order valence-corrected chi connectivity index (χ3v) is 13.4. The molecule has 50 heavy (non-hydrogen) atoms. The molecule has 0 aromatic rings. The number of rotatable bonds is 18. The van der Waals surface area contributed by atoms with Crippen molar-refractivity contribution in [3.8, 4) is 0 Å². The van der Waals surface area contributed by atoms with Crippen molar-refractivity contribution in [1.82, 2.24) is 0 Å². The van der Waals surface area contributed by atoms with Crippen molar-refractivity contribution in [2.75, 3.05) is 26.2 Å². The normalized spacial score (nSPS) is 35.2. The van der Waals surface area contributed by atoms with Crippen molar-refractivity contribution in [3.05, 3.63) is 0 Å². The summed E-state index contributed by atoms with van der Waals surface area (Å²) in [6.07, 6.45) is 10.6. The Labute approximate surface area is 300 Å². The van der Waals surface area contributed by atoms with Crippen LogP contribution in [0, 0.1) is 46.3 Å². The lowest BCUT2D eigenvalue weighted by atomic mass is 9.43. The van der Waals surface area contributed by atoms with Crippen LogP contribution in [0.3, 0.4) is 0 Å². The number of hydrogen-bond acceptors (Lipinski definition) is 11. The summed E-state index contributed by atoms with van der Waals surface area (Å²) in [5, 5.41) is 0. The Morgan fingerprint density at radius 2 is 1.40 bits per heavy atom. The molecule has 0 radical (unpaired) electrons. The molecule has 0 aliphatic heterocycles. The molecule has 11 nitrogen and oxygen atoms in total. The highest BCUT2D eigenvalue weighted by Gasteiger charge is 2.67. The van der Waals surface area contributed by atoms with Gasteiger partial charge in [0.25, 0.3) is 0 Å². The van der Waals surface area contributed by atoms with Crippen molar-refractivity contribution in [1.29, 1.82) is 0 Å². The van der Waals surface area contributed by atoms with Gasteiger partial charge in [-0.25, -0.2) is 0 Å². The maximum atomic E-state index is 13.2. The second-order valence-corrected chi connectivity index (χ2v) is 16.3. The second kappa shape index (κ2) is 18.5. The molecule has 4 rings (SSSR count). The first-order valence-corrected chi connectivity index (χ1v) is 19.8. The van der Waals surface area contributed by atoms with E-state index in [1.54, 1.807) is 0 Å². The number of nitrogens with two attached hydrogens (primary N) is 3. The van der Waals surface area contributed by atoms with Gasteiger partial charge in [0, 0.05) is 37.4 Å². The minimum absolute atomic E-state index is 0.0917. The van der Waals surface area contributed by atoms with E-state index in [1.807, 2.05) is 0 Å². The number of fused-ring (bicyclic) bond motifs is 5. The SMILES string of the molecule is CCCCCCOC(=O)CC[C@@H](C)[C@H]1CC[C@H]2[C@@H]3[C@H](OC(=O)CCN)C[C@@H]4C[C@H](OC(=O)CCN)CC[C@]4(C)[C@H]3C[C@H](OC(=O)CCN)[C@]12C. The minimum atomic E-state index is -0.369. The van der Waals surface area contributed by atoms with Crippen LogP contribution in [0.5, 0.6) is 0 Å². The first-order chi connectivity index (χ1) is 23.9. The molecule has 4 aliphatic rings. The fraction of sp³-hybridized carbons (Fsp3) is 0.897. The average molecular weight is 706 g/mol. The van der Waals surface area contributed by atoms with Crippen molar-refractivity contribution < 1.29 is 38.1 Å². The van der Waals surface area contributed by atoms with E-state index in [4.69, 9.17) is 36.1 Å². The molecule has 0 spiro atoms. The fourth-order valence-electron chi connectivity index (χ4n) is 10.8. The third kappa shape index (κ3) is 9.21. The highest BCUT2D eigenvalue weighted by Crippen LogP contribution is 2.69. The van der Waals surface area contributed by atoms with Crippen LogP contribution in [-0.2, 0) is 38.1 Å². The van der Waals surface area contributed by atoms with E-state index < -0.39 is 0 Å². The molecule has 0 aromatic carbocycles. The molecular formula is C39H67N3O8. The second-order valence-electron chi connectivity index (χ2n) is 16.3. The fourth-order valence-corrected chi connectivity index (χ4v) is 10.8. The van der Waals surface area contributed by atoms with Gasteiger partial charge < -0.3 is 36.1 Å². The molecule has 4 fully saturated rings. The molecule has 4 saturated carbocycles. The molecule has 11 atom stereocenters. The molecule has 0 heterocycles. The van der Waals surface area contributed by atoms with Gasteiger partial charge in [-0.05, 0) is 92.8 Å². The zero-order valence-corrected chi connectivity index (χ0v) is 31.3. The zero-order valence-electron chi connectivity index (χ0n) is 31.3. The quantitative estimate of drug-likeness (QED) is 0.0970. The molecule has 286 valence electrons. The maximum absolute atomic E-state index is 13.2. The lowest BCUT2D eigenvalue weighted by Gasteiger charge is -2.64. The summed E-state index contributed by atoms with van der Waals surface area (Å²) in [6.45, 7) is 10.2. The summed E-state index contributed by atoms with van der Waals surface area (Å²) in [6, 6.07) is 0. The van der Waals surface area contributed by atoms with Crippen LogP contribution in [0.4, 0.5) is 0 Å². The molecule has 0 unspecified atom stereocenters. The first kappa shape index (κ1) is 40.5. The van der Waals surface area contributed by atoms with Gasteiger partial charge in [0.1, 0.15) is 18.3 Å². The summed E-state index contributed by atoms with van der Waals surface area (Å²) in [4.78, 5) is 51.4. The van der Waals surface area contributed by atoms with Crippen molar-refractivity contribution in [3.63, 3.8) is 0 Å². The van der Waals surface area contributed by atoms with Crippen LogP contribution in [0.1, 0.15) is 130 Å². The lowest BCUT2D eigenvalue weighted by Crippen LogP contribution is -2.63. The number of carbonyl (C=O) groups excluding carboxylic acids is 4. The van der Waals surface area contributed by atoms with Crippen LogP contribution in [0.2, 0.25) is 0 Å². The van der Waals surface area contributed by atoms with Crippen LogP contribution >= 0.6 is 0 Å². The number of carbonyl (C=O) groups is 4. The Kier molecular flexibility index (Phi) is 15.0. The molecule has 6 N–H and O–H groups in total. The van der Waals surface area contributed by atoms with Crippen LogP contribution in [0.15, 0.2) is 0 Å². The van der Waals surface area contributed by atoms with Gasteiger partial charge in [-0.1, -0.05) is 47.0 Å². The zero-order chi connectivity index (χ0) is 36.5. The van der Waals surface area contributed by atoms with Gasteiger partial charge in [0.2, 0.25) is 0 Å². The van der Waals surface area contributed by atoms with Gasteiger partial charge >= 0.3 is 23.9 Å². The Bertz CT molecular complexity index is 1150. The average Bonchev–Trinajstić information content (AvgIpc) is 3.43. The van der Waals surface area contributed by atoms with Crippen molar-refractivity contribution in [2.24, 2.45) is 63.5 Å². The molecular weight excluding hydrogens is 638 g/mol. The Balaban J connectivity index is 1.61. The van der Waals surface area contributed by atoms with Crippen LogP contribution in [-0.4, -0.2) is 68.4 Å². The number of unbranched alkanes of at least 4 members (excludes halogenated alkanes) is 3. The predicted octanol–water partition coefficient (Wildman–Crippen LogP) is 5.19. The molecule has 4 aliphatic carbocycles. The lowest BCUT2D eigenvalue weighted by molar-refractivity contribution is -0.225. The Hall–Kier alpha value is -2.24. The summed E-state index contributed by atoms with van der Waals surface area (Å²) in [7, 11) is 0. The summed E-state index contributed by atoms with van der Waals surface area (Å²) >= 11 is 0. The van der Waals surface area contributed by atoms with E-state index in [9.17, 15) is 19.2 Å². The highest BCUT2D eigenvalue weighted by atomic mass is 16.6. The highest BCUT2D eigenvalue weighted by molar-refractivity contribution is 5.71. The molecule has 0 amide bonds. The van der Waals surface area contributed by atoms with Gasteiger partial charge in [-0.2, -0.15) is 0 Å². The van der Waals surface area contributed by atoms with Crippen molar-refractivity contribution in [2.45, 2.75) is 149 Å².